The first-order valence-corrected chi connectivity index (χ1v) is 4.10. The third-order valence-electron chi connectivity index (χ3n) is 1.72. The van der Waals surface area contributed by atoms with Crippen molar-refractivity contribution in [2.45, 2.75) is 6.18 Å². The summed E-state index contributed by atoms with van der Waals surface area (Å²) in [7, 11) is 1.21. The van der Waals surface area contributed by atoms with E-state index in [0.717, 1.165) is 6.07 Å². The van der Waals surface area contributed by atoms with E-state index in [1.54, 1.807) is 0 Å². The Labute approximate surface area is 88.6 Å². The van der Waals surface area contributed by atoms with Crippen LogP contribution < -0.4 is 10.1 Å². The molecule has 0 bridgehead atoms. The molecule has 1 aromatic rings. The van der Waals surface area contributed by atoms with Gasteiger partial charge in [-0.15, -0.1) is 0 Å². The van der Waals surface area contributed by atoms with Crippen LogP contribution in [0.15, 0.2) is 18.2 Å². The number of benzene rings is 1. The molecule has 0 radical (unpaired) electrons. The molecule has 16 heavy (non-hydrogen) atoms. The summed E-state index contributed by atoms with van der Waals surface area (Å²) in [5.74, 6) is -2.73. The van der Waals surface area contributed by atoms with E-state index >= 15 is 0 Å². The molecular weight excluding hydrogens is 227 g/mol. The fourth-order valence-electron chi connectivity index (χ4n) is 1.000. The molecule has 7 heteroatoms. The summed E-state index contributed by atoms with van der Waals surface area (Å²) in [6, 6.07) is 3.82. The van der Waals surface area contributed by atoms with Crippen LogP contribution in [0.25, 0.3) is 0 Å². The van der Waals surface area contributed by atoms with E-state index in [0.29, 0.717) is 0 Å². The second-order valence-electron chi connectivity index (χ2n) is 2.81. The molecule has 0 aliphatic heterocycles. The molecule has 88 valence electrons. The summed E-state index contributed by atoms with van der Waals surface area (Å²) in [5, 5.41) is 10.8. The van der Waals surface area contributed by atoms with Gasteiger partial charge in [-0.05, 0) is 12.1 Å². The zero-order valence-electron chi connectivity index (χ0n) is 8.13. The zero-order valence-corrected chi connectivity index (χ0v) is 8.13. The fourth-order valence-corrected chi connectivity index (χ4v) is 1.000. The maximum atomic E-state index is 12.0. The monoisotopic (exact) mass is 235 g/mol. The van der Waals surface area contributed by atoms with Crippen LogP contribution in [0, 0.1) is 0 Å². The van der Waals surface area contributed by atoms with Gasteiger partial charge >= 0.3 is 12.1 Å². The molecule has 0 spiro atoms. The summed E-state index contributed by atoms with van der Waals surface area (Å²) in [4.78, 5) is 10.7. The van der Waals surface area contributed by atoms with Gasteiger partial charge in [-0.3, -0.25) is 4.79 Å². The maximum absolute atomic E-state index is 12.0. The number of amides is 1. The number of aromatic hydroxyl groups is 1. The first-order chi connectivity index (χ1) is 7.36. The van der Waals surface area contributed by atoms with Crippen molar-refractivity contribution >= 4 is 11.6 Å². The van der Waals surface area contributed by atoms with Crippen LogP contribution in [0.4, 0.5) is 18.9 Å². The lowest BCUT2D eigenvalue weighted by atomic mass is 10.2. The Hall–Kier alpha value is -1.92. The van der Waals surface area contributed by atoms with E-state index in [1.165, 1.54) is 24.6 Å². The van der Waals surface area contributed by atoms with Crippen LogP contribution in [-0.4, -0.2) is 24.3 Å². The van der Waals surface area contributed by atoms with E-state index < -0.39 is 23.5 Å². The van der Waals surface area contributed by atoms with Crippen molar-refractivity contribution in [3.8, 4) is 11.5 Å². The highest BCUT2D eigenvalue weighted by molar-refractivity contribution is 5.97. The van der Waals surface area contributed by atoms with Gasteiger partial charge in [-0.25, -0.2) is 0 Å². The lowest BCUT2D eigenvalue weighted by molar-refractivity contribution is -0.167. The molecule has 1 rings (SSSR count). The second-order valence-corrected chi connectivity index (χ2v) is 2.81. The van der Waals surface area contributed by atoms with Crippen LogP contribution in [-0.2, 0) is 4.79 Å². The van der Waals surface area contributed by atoms with Crippen LogP contribution in [0.2, 0.25) is 0 Å². The van der Waals surface area contributed by atoms with Crippen LogP contribution in [0.5, 0.6) is 11.5 Å². The van der Waals surface area contributed by atoms with Crippen LogP contribution >= 0.6 is 0 Å². The molecule has 0 atom stereocenters. The molecule has 1 aromatic carbocycles. The number of halogens is 3. The van der Waals surface area contributed by atoms with Gasteiger partial charge in [-0.1, -0.05) is 6.07 Å². The number of anilines is 1. The molecule has 0 aliphatic rings. The fraction of sp³-hybridized carbons (Fsp3) is 0.222. The van der Waals surface area contributed by atoms with Crippen molar-refractivity contribution in [2.75, 3.05) is 12.4 Å². The average molecular weight is 235 g/mol. The average Bonchev–Trinajstić information content (AvgIpc) is 2.19. The summed E-state index contributed by atoms with van der Waals surface area (Å²) in [6.45, 7) is 0. The highest BCUT2D eigenvalue weighted by atomic mass is 19.4. The van der Waals surface area contributed by atoms with Crippen molar-refractivity contribution in [3.05, 3.63) is 18.2 Å². The number of carbonyl (C=O) groups excluding carboxylic acids is 1. The van der Waals surface area contributed by atoms with Crippen LogP contribution in [0.3, 0.4) is 0 Å². The smallest absolute Gasteiger partial charge is 0.471 e. The Morgan fingerprint density at radius 1 is 1.44 bits per heavy atom. The minimum absolute atomic E-state index is 0.0578. The minimum atomic E-state index is -5.02. The molecule has 0 aliphatic carbocycles. The highest BCUT2D eigenvalue weighted by Crippen LogP contribution is 2.34. The quantitative estimate of drug-likeness (QED) is 0.769. The summed E-state index contributed by atoms with van der Waals surface area (Å²) >= 11 is 0. The molecule has 0 aromatic heterocycles. The van der Waals surface area contributed by atoms with Gasteiger partial charge in [0.05, 0.1) is 7.11 Å². The molecule has 4 nitrogen and oxygen atoms in total. The Balaban J connectivity index is 3.01. The highest BCUT2D eigenvalue weighted by Gasteiger charge is 2.39. The van der Waals surface area contributed by atoms with Gasteiger partial charge in [0.2, 0.25) is 0 Å². The molecule has 0 saturated heterocycles. The number of ether oxygens (including phenoxy) is 1. The summed E-state index contributed by atoms with van der Waals surface area (Å²) in [5.41, 5.74) is -0.410. The number of hydrogen-bond donors (Lipinski definition) is 2. The van der Waals surface area contributed by atoms with Crippen molar-refractivity contribution in [1.82, 2.24) is 0 Å². The van der Waals surface area contributed by atoms with E-state index in [9.17, 15) is 23.1 Å². The van der Waals surface area contributed by atoms with Gasteiger partial charge in [0, 0.05) is 0 Å². The summed E-state index contributed by atoms with van der Waals surface area (Å²) < 4.78 is 40.6. The molecular formula is C9H8F3NO3. The number of rotatable bonds is 2. The lowest BCUT2D eigenvalue weighted by Gasteiger charge is -2.12. The van der Waals surface area contributed by atoms with Gasteiger partial charge in [0.1, 0.15) is 17.2 Å². The Bertz CT molecular complexity index is 403. The second kappa shape index (κ2) is 4.30. The largest absolute Gasteiger partial charge is 0.506 e. The van der Waals surface area contributed by atoms with Crippen molar-refractivity contribution in [3.63, 3.8) is 0 Å². The molecule has 0 fully saturated rings. The third-order valence-corrected chi connectivity index (χ3v) is 1.72. The zero-order chi connectivity index (χ0) is 12.3. The topological polar surface area (TPSA) is 58.6 Å². The van der Waals surface area contributed by atoms with E-state index in [-0.39, 0.29) is 5.75 Å². The Kier molecular flexibility index (Phi) is 3.26. The standard InChI is InChI=1S/C9H8F3NO3/c1-16-6-4-2-3-5(14)7(6)13-8(15)9(10,11)12/h2-4,14H,1H3,(H,13,15). The number of carbonyl (C=O) groups is 1. The van der Waals surface area contributed by atoms with Crippen LogP contribution in [0.1, 0.15) is 0 Å². The summed E-state index contributed by atoms with van der Waals surface area (Å²) in [6.07, 6.45) is -5.02. The molecule has 0 unspecified atom stereocenters. The number of phenolic OH excluding ortho intramolecular Hbond substituents is 1. The van der Waals surface area contributed by atoms with Gasteiger partial charge in [0.25, 0.3) is 0 Å². The normalized spacial score (nSPS) is 11.0. The van der Waals surface area contributed by atoms with Crippen molar-refractivity contribution < 1.29 is 27.8 Å². The minimum Gasteiger partial charge on any atom is -0.506 e. The number of para-hydroxylation sites is 1. The first kappa shape index (κ1) is 12.2. The number of phenols is 1. The first-order valence-electron chi connectivity index (χ1n) is 4.10. The van der Waals surface area contributed by atoms with Gasteiger partial charge < -0.3 is 15.2 Å². The lowest BCUT2D eigenvalue weighted by Crippen LogP contribution is -2.30. The van der Waals surface area contributed by atoms with E-state index in [2.05, 4.69) is 0 Å². The predicted octanol–water partition coefficient (Wildman–Crippen LogP) is 1.90. The SMILES string of the molecule is COc1cccc(O)c1NC(=O)C(F)(F)F. The van der Waals surface area contributed by atoms with E-state index in [4.69, 9.17) is 4.74 Å². The number of nitrogens with one attached hydrogen (secondary N) is 1. The van der Waals surface area contributed by atoms with Crippen molar-refractivity contribution in [2.24, 2.45) is 0 Å². The molecule has 0 heterocycles. The molecule has 2 N–H and O–H groups in total. The predicted molar refractivity (Wildman–Crippen MR) is 49.3 cm³/mol. The molecule has 0 saturated carbocycles. The Morgan fingerprint density at radius 2 is 2.06 bits per heavy atom. The van der Waals surface area contributed by atoms with Gasteiger partial charge in [-0.2, -0.15) is 13.2 Å². The molecule has 1 amide bonds. The van der Waals surface area contributed by atoms with E-state index in [1.807, 2.05) is 0 Å². The number of alkyl halides is 3. The number of methoxy groups -OCH3 is 1. The van der Waals surface area contributed by atoms with Crippen molar-refractivity contribution in [1.29, 1.82) is 0 Å². The third kappa shape index (κ3) is 2.56. The van der Waals surface area contributed by atoms with Gasteiger partial charge in [0.15, 0.2) is 0 Å². The maximum Gasteiger partial charge on any atom is 0.471 e. The number of hydrogen-bond acceptors (Lipinski definition) is 3. The Morgan fingerprint density at radius 3 is 2.56 bits per heavy atom.